The molecule has 3 atom stereocenters. The van der Waals surface area contributed by atoms with Crippen LogP contribution in [0, 0.1) is 5.92 Å². The minimum Gasteiger partial charge on any atom is -0.352 e. The van der Waals surface area contributed by atoms with Crippen molar-refractivity contribution in [1.29, 1.82) is 0 Å². The third-order valence-electron chi connectivity index (χ3n) is 4.33. The van der Waals surface area contributed by atoms with Crippen molar-refractivity contribution in [2.75, 3.05) is 6.54 Å². The number of rotatable bonds is 5. The molecule has 0 bridgehead atoms. The van der Waals surface area contributed by atoms with E-state index in [9.17, 15) is 4.79 Å². The summed E-state index contributed by atoms with van der Waals surface area (Å²) in [6, 6.07) is 10.8. The van der Waals surface area contributed by atoms with Crippen LogP contribution in [0.1, 0.15) is 51.1 Å². The third kappa shape index (κ3) is 4.34. The van der Waals surface area contributed by atoms with E-state index >= 15 is 0 Å². The maximum absolute atomic E-state index is 12.0. The van der Waals surface area contributed by atoms with Crippen molar-refractivity contribution < 1.29 is 4.79 Å². The molecule has 1 aromatic carbocycles. The molecule has 110 valence electrons. The van der Waals surface area contributed by atoms with Gasteiger partial charge in [-0.3, -0.25) is 4.79 Å². The van der Waals surface area contributed by atoms with Crippen molar-refractivity contribution >= 4 is 5.91 Å². The van der Waals surface area contributed by atoms with Crippen molar-refractivity contribution in [3.63, 3.8) is 0 Å². The SMILES string of the molecule is C[C@H](NCC(=O)N[C@H]1CCCC[C@H]1C)c1ccccc1. The first kappa shape index (κ1) is 15.0. The lowest BCUT2D eigenvalue weighted by Gasteiger charge is -2.29. The molecule has 1 amide bonds. The molecule has 0 unspecified atom stereocenters. The standard InChI is InChI=1S/C17H26N2O/c1-13-8-6-7-11-16(13)19-17(20)12-18-14(2)15-9-4-3-5-10-15/h3-5,9-10,13-14,16,18H,6-8,11-12H2,1-2H3,(H,19,20)/t13-,14+,16+/m1/s1. The summed E-state index contributed by atoms with van der Waals surface area (Å²) in [6.07, 6.45) is 4.90. The molecule has 1 fully saturated rings. The van der Waals surface area contributed by atoms with Crippen LogP contribution in [0.5, 0.6) is 0 Å². The summed E-state index contributed by atoms with van der Waals surface area (Å²) in [5, 5.41) is 6.47. The molecule has 0 heterocycles. The lowest BCUT2D eigenvalue weighted by atomic mass is 9.86. The maximum atomic E-state index is 12.0. The molecule has 2 N–H and O–H groups in total. The van der Waals surface area contributed by atoms with Gasteiger partial charge in [0, 0.05) is 12.1 Å². The molecule has 0 radical (unpaired) electrons. The van der Waals surface area contributed by atoms with Gasteiger partial charge in [0.2, 0.25) is 5.91 Å². The molecule has 3 heteroatoms. The van der Waals surface area contributed by atoms with Gasteiger partial charge in [-0.15, -0.1) is 0 Å². The summed E-state index contributed by atoms with van der Waals surface area (Å²) in [7, 11) is 0. The zero-order valence-electron chi connectivity index (χ0n) is 12.6. The highest BCUT2D eigenvalue weighted by Crippen LogP contribution is 2.23. The molecule has 0 spiro atoms. The van der Waals surface area contributed by atoms with Crippen LogP contribution in [0.15, 0.2) is 30.3 Å². The number of carbonyl (C=O) groups is 1. The quantitative estimate of drug-likeness (QED) is 0.866. The molecular formula is C17H26N2O. The number of hydrogen-bond acceptors (Lipinski definition) is 2. The second kappa shape index (κ2) is 7.44. The number of amides is 1. The Hall–Kier alpha value is -1.35. The van der Waals surface area contributed by atoms with Crippen LogP contribution < -0.4 is 10.6 Å². The van der Waals surface area contributed by atoms with Crippen molar-refractivity contribution in [3.8, 4) is 0 Å². The minimum atomic E-state index is 0.117. The van der Waals surface area contributed by atoms with Crippen LogP contribution in [0.3, 0.4) is 0 Å². The van der Waals surface area contributed by atoms with Gasteiger partial charge in [0.15, 0.2) is 0 Å². The van der Waals surface area contributed by atoms with Crippen molar-refractivity contribution in [2.45, 2.75) is 51.6 Å². The molecule has 2 rings (SSSR count). The normalized spacial score (nSPS) is 24.1. The molecule has 0 aliphatic heterocycles. The van der Waals surface area contributed by atoms with Crippen LogP contribution in [-0.4, -0.2) is 18.5 Å². The fraction of sp³-hybridized carbons (Fsp3) is 0.588. The molecule has 1 aliphatic carbocycles. The largest absolute Gasteiger partial charge is 0.352 e. The fourth-order valence-corrected chi connectivity index (χ4v) is 2.89. The first-order valence-corrected chi connectivity index (χ1v) is 7.74. The third-order valence-corrected chi connectivity index (χ3v) is 4.33. The molecule has 0 aromatic heterocycles. The maximum Gasteiger partial charge on any atom is 0.234 e. The van der Waals surface area contributed by atoms with E-state index in [2.05, 4.69) is 36.6 Å². The molecule has 20 heavy (non-hydrogen) atoms. The highest BCUT2D eigenvalue weighted by atomic mass is 16.2. The Morgan fingerprint density at radius 1 is 1.25 bits per heavy atom. The lowest BCUT2D eigenvalue weighted by Crippen LogP contribution is -2.45. The van der Waals surface area contributed by atoms with Gasteiger partial charge >= 0.3 is 0 Å². The number of carbonyl (C=O) groups excluding carboxylic acids is 1. The van der Waals surface area contributed by atoms with Crippen molar-refractivity contribution in [3.05, 3.63) is 35.9 Å². The van der Waals surface area contributed by atoms with E-state index in [1.165, 1.54) is 24.8 Å². The summed E-state index contributed by atoms with van der Waals surface area (Å²) in [6.45, 7) is 4.72. The van der Waals surface area contributed by atoms with Crippen molar-refractivity contribution in [1.82, 2.24) is 10.6 Å². The van der Waals surface area contributed by atoms with Crippen LogP contribution >= 0.6 is 0 Å². The Balaban J connectivity index is 1.74. The van der Waals surface area contributed by atoms with Crippen molar-refractivity contribution in [2.24, 2.45) is 5.92 Å². The average Bonchev–Trinajstić information content (AvgIpc) is 2.48. The highest BCUT2D eigenvalue weighted by molar-refractivity contribution is 5.78. The van der Waals surface area contributed by atoms with Gasteiger partial charge in [0.1, 0.15) is 0 Å². The Morgan fingerprint density at radius 3 is 2.65 bits per heavy atom. The van der Waals surface area contributed by atoms with E-state index in [1.807, 2.05) is 18.2 Å². The molecule has 0 saturated heterocycles. The highest BCUT2D eigenvalue weighted by Gasteiger charge is 2.22. The smallest absolute Gasteiger partial charge is 0.234 e. The first-order valence-electron chi connectivity index (χ1n) is 7.74. The number of nitrogens with one attached hydrogen (secondary N) is 2. The van der Waals surface area contributed by atoms with Crippen LogP contribution in [0.4, 0.5) is 0 Å². The average molecular weight is 274 g/mol. The van der Waals surface area contributed by atoms with E-state index in [1.54, 1.807) is 0 Å². The molecule has 1 saturated carbocycles. The zero-order valence-corrected chi connectivity index (χ0v) is 12.6. The second-order valence-electron chi connectivity index (χ2n) is 5.95. The zero-order chi connectivity index (χ0) is 14.4. The topological polar surface area (TPSA) is 41.1 Å². The second-order valence-corrected chi connectivity index (χ2v) is 5.95. The predicted molar refractivity (Wildman–Crippen MR) is 82.4 cm³/mol. The number of hydrogen-bond donors (Lipinski definition) is 2. The van der Waals surface area contributed by atoms with Crippen LogP contribution in [0.2, 0.25) is 0 Å². The molecule has 1 aliphatic rings. The summed E-state index contributed by atoms with van der Waals surface area (Å²) in [5.74, 6) is 0.728. The Bertz CT molecular complexity index is 418. The lowest BCUT2D eigenvalue weighted by molar-refractivity contribution is -0.121. The van der Waals surface area contributed by atoms with Crippen LogP contribution in [-0.2, 0) is 4.79 Å². The first-order chi connectivity index (χ1) is 9.66. The van der Waals surface area contributed by atoms with E-state index in [-0.39, 0.29) is 11.9 Å². The number of benzene rings is 1. The van der Waals surface area contributed by atoms with Gasteiger partial charge in [0.05, 0.1) is 6.54 Å². The van der Waals surface area contributed by atoms with E-state index < -0.39 is 0 Å². The van der Waals surface area contributed by atoms with Gasteiger partial charge < -0.3 is 10.6 Å². The van der Waals surface area contributed by atoms with E-state index in [0.717, 1.165) is 6.42 Å². The predicted octanol–water partition coefficient (Wildman–Crippen LogP) is 3.03. The molecule has 3 nitrogen and oxygen atoms in total. The minimum absolute atomic E-state index is 0.117. The van der Waals surface area contributed by atoms with Gasteiger partial charge in [-0.2, -0.15) is 0 Å². The van der Waals surface area contributed by atoms with E-state index in [4.69, 9.17) is 0 Å². The Labute approximate surface area is 122 Å². The van der Waals surface area contributed by atoms with E-state index in [0.29, 0.717) is 18.5 Å². The Kier molecular flexibility index (Phi) is 5.60. The van der Waals surface area contributed by atoms with Gasteiger partial charge in [-0.1, -0.05) is 50.1 Å². The van der Waals surface area contributed by atoms with Gasteiger partial charge in [-0.25, -0.2) is 0 Å². The molecular weight excluding hydrogens is 248 g/mol. The van der Waals surface area contributed by atoms with Crippen LogP contribution in [0.25, 0.3) is 0 Å². The fourth-order valence-electron chi connectivity index (χ4n) is 2.89. The summed E-state index contributed by atoms with van der Waals surface area (Å²) >= 11 is 0. The Morgan fingerprint density at radius 2 is 1.95 bits per heavy atom. The molecule has 1 aromatic rings. The van der Waals surface area contributed by atoms with Gasteiger partial charge in [-0.05, 0) is 31.2 Å². The summed E-state index contributed by atoms with van der Waals surface area (Å²) < 4.78 is 0. The van der Waals surface area contributed by atoms with Gasteiger partial charge in [0.25, 0.3) is 0 Å². The summed E-state index contributed by atoms with van der Waals surface area (Å²) in [5.41, 5.74) is 1.21. The summed E-state index contributed by atoms with van der Waals surface area (Å²) in [4.78, 5) is 12.0. The monoisotopic (exact) mass is 274 g/mol.